The molecule has 0 unspecified atom stereocenters. The van der Waals surface area contributed by atoms with E-state index < -0.39 is 6.04 Å². The molecule has 0 heterocycles. The van der Waals surface area contributed by atoms with Gasteiger partial charge in [-0.05, 0) is 13.3 Å². The predicted octanol–water partition coefficient (Wildman–Crippen LogP) is 0.453. The van der Waals surface area contributed by atoms with Gasteiger partial charge in [0, 0.05) is 0 Å². The van der Waals surface area contributed by atoms with Crippen LogP contribution in [-0.2, 0) is 9.53 Å². The highest BCUT2D eigenvalue weighted by molar-refractivity contribution is 5.75. The molecular formula is C7H13NO2. The Morgan fingerprint density at radius 3 is 2.90 bits per heavy atom. The number of hydrogen-bond donors (Lipinski definition) is 1. The second-order valence-corrected chi connectivity index (χ2v) is 1.88. The molecule has 3 nitrogen and oxygen atoms in total. The lowest BCUT2D eigenvalue weighted by Gasteiger charge is -2.06. The summed E-state index contributed by atoms with van der Waals surface area (Å²) in [4.78, 5) is 10.7. The van der Waals surface area contributed by atoms with Gasteiger partial charge in [-0.1, -0.05) is 6.08 Å². The quantitative estimate of drug-likeness (QED) is 0.459. The summed E-state index contributed by atoms with van der Waals surface area (Å²) in [6, 6.07) is -0.544. The Bertz CT molecular complexity index is 123. The molecule has 3 heteroatoms. The topological polar surface area (TPSA) is 52.3 Å². The van der Waals surface area contributed by atoms with Crippen molar-refractivity contribution in [1.82, 2.24) is 0 Å². The van der Waals surface area contributed by atoms with Gasteiger partial charge in [0.2, 0.25) is 0 Å². The van der Waals surface area contributed by atoms with Crippen molar-refractivity contribution in [2.24, 2.45) is 5.73 Å². The van der Waals surface area contributed by atoms with E-state index in [1.165, 1.54) is 0 Å². The Morgan fingerprint density at radius 1 is 1.90 bits per heavy atom. The predicted molar refractivity (Wildman–Crippen MR) is 39.4 cm³/mol. The van der Waals surface area contributed by atoms with Gasteiger partial charge in [-0.15, -0.1) is 6.58 Å². The third-order valence-corrected chi connectivity index (χ3v) is 1.01. The number of nitrogens with two attached hydrogens (primary N) is 1. The highest BCUT2D eigenvalue weighted by atomic mass is 16.5. The van der Waals surface area contributed by atoms with Crippen LogP contribution in [0.4, 0.5) is 0 Å². The fourth-order valence-electron chi connectivity index (χ4n) is 0.525. The van der Waals surface area contributed by atoms with E-state index in [2.05, 4.69) is 11.3 Å². The molecule has 0 aliphatic heterocycles. The first-order chi connectivity index (χ1) is 4.72. The van der Waals surface area contributed by atoms with E-state index in [0.717, 1.165) is 0 Å². The highest BCUT2D eigenvalue weighted by Crippen LogP contribution is 1.91. The van der Waals surface area contributed by atoms with E-state index in [-0.39, 0.29) is 5.97 Å². The van der Waals surface area contributed by atoms with Crippen LogP contribution >= 0.6 is 0 Å². The molecule has 0 aromatic rings. The maximum Gasteiger partial charge on any atom is 0.323 e. The zero-order chi connectivity index (χ0) is 7.98. The van der Waals surface area contributed by atoms with Crippen LogP contribution in [0.2, 0.25) is 0 Å². The van der Waals surface area contributed by atoms with Gasteiger partial charge >= 0.3 is 5.97 Å². The minimum Gasteiger partial charge on any atom is -0.465 e. The van der Waals surface area contributed by atoms with Gasteiger partial charge < -0.3 is 10.5 Å². The van der Waals surface area contributed by atoms with E-state index in [9.17, 15) is 4.79 Å². The Balaban J connectivity index is 3.58. The fourth-order valence-corrected chi connectivity index (χ4v) is 0.525. The molecule has 0 aliphatic carbocycles. The molecule has 0 fully saturated rings. The molecule has 0 aromatic heterocycles. The number of esters is 1. The molecule has 0 aliphatic rings. The van der Waals surface area contributed by atoms with Crippen molar-refractivity contribution in [3.63, 3.8) is 0 Å². The minimum atomic E-state index is -0.544. The smallest absolute Gasteiger partial charge is 0.323 e. The van der Waals surface area contributed by atoms with Crippen LogP contribution in [0.25, 0.3) is 0 Å². The maximum atomic E-state index is 10.7. The van der Waals surface area contributed by atoms with Gasteiger partial charge in [0.15, 0.2) is 0 Å². The van der Waals surface area contributed by atoms with Crippen LogP contribution in [-0.4, -0.2) is 18.6 Å². The van der Waals surface area contributed by atoms with Gasteiger partial charge in [0.1, 0.15) is 6.04 Å². The third-order valence-electron chi connectivity index (χ3n) is 1.01. The number of ether oxygens (including phenoxy) is 1. The van der Waals surface area contributed by atoms with Crippen LogP contribution in [0.15, 0.2) is 12.7 Å². The summed E-state index contributed by atoms with van der Waals surface area (Å²) >= 11 is 0. The maximum absolute atomic E-state index is 10.7. The van der Waals surface area contributed by atoms with Crippen LogP contribution < -0.4 is 5.73 Å². The molecule has 2 N–H and O–H groups in total. The molecule has 0 amide bonds. The first kappa shape index (κ1) is 9.17. The normalized spacial score (nSPS) is 12.2. The molecule has 0 aromatic carbocycles. The van der Waals surface area contributed by atoms with E-state index in [1.54, 1.807) is 13.0 Å². The molecule has 0 spiro atoms. The van der Waals surface area contributed by atoms with E-state index in [0.29, 0.717) is 13.0 Å². The van der Waals surface area contributed by atoms with E-state index in [4.69, 9.17) is 5.73 Å². The molecule has 58 valence electrons. The SMILES string of the molecule is C=CC[C@H](N)C(=O)OCC. The average Bonchev–Trinajstić information content (AvgIpc) is 1.89. The van der Waals surface area contributed by atoms with Crippen molar-refractivity contribution in [3.05, 3.63) is 12.7 Å². The summed E-state index contributed by atoms with van der Waals surface area (Å²) in [5.74, 6) is -0.359. The molecule has 0 radical (unpaired) electrons. The zero-order valence-corrected chi connectivity index (χ0v) is 6.17. The van der Waals surface area contributed by atoms with E-state index in [1.807, 2.05) is 0 Å². The highest BCUT2D eigenvalue weighted by Gasteiger charge is 2.11. The summed E-state index contributed by atoms with van der Waals surface area (Å²) in [7, 11) is 0. The van der Waals surface area contributed by atoms with Crippen LogP contribution in [0, 0.1) is 0 Å². The van der Waals surface area contributed by atoms with Crippen LogP contribution in [0.3, 0.4) is 0 Å². The summed E-state index contributed by atoms with van der Waals surface area (Å²) in [5.41, 5.74) is 5.37. The summed E-state index contributed by atoms with van der Waals surface area (Å²) in [5, 5.41) is 0. The van der Waals surface area contributed by atoms with Gasteiger partial charge in [0.25, 0.3) is 0 Å². The monoisotopic (exact) mass is 143 g/mol. The summed E-state index contributed by atoms with van der Waals surface area (Å²) in [6.07, 6.45) is 2.07. The van der Waals surface area contributed by atoms with Crippen LogP contribution in [0.5, 0.6) is 0 Å². The number of carbonyl (C=O) groups excluding carboxylic acids is 1. The Morgan fingerprint density at radius 2 is 2.50 bits per heavy atom. The van der Waals surface area contributed by atoms with Gasteiger partial charge in [-0.3, -0.25) is 4.79 Å². The van der Waals surface area contributed by atoms with E-state index >= 15 is 0 Å². The first-order valence-electron chi connectivity index (χ1n) is 3.25. The van der Waals surface area contributed by atoms with Crippen molar-refractivity contribution >= 4 is 5.97 Å². The fraction of sp³-hybridized carbons (Fsp3) is 0.571. The van der Waals surface area contributed by atoms with Gasteiger partial charge in [0.05, 0.1) is 6.61 Å². The van der Waals surface area contributed by atoms with Crippen molar-refractivity contribution in [1.29, 1.82) is 0 Å². The molecule has 0 rings (SSSR count). The molecule has 0 saturated heterocycles. The van der Waals surface area contributed by atoms with Gasteiger partial charge in [-0.2, -0.15) is 0 Å². The largest absolute Gasteiger partial charge is 0.465 e. The number of hydrogen-bond acceptors (Lipinski definition) is 3. The second kappa shape index (κ2) is 4.99. The van der Waals surface area contributed by atoms with Crippen molar-refractivity contribution in [2.45, 2.75) is 19.4 Å². The lowest BCUT2D eigenvalue weighted by molar-refractivity contribution is -0.144. The zero-order valence-electron chi connectivity index (χ0n) is 6.17. The van der Waals surface area contributed by atoms with Crippen molar-refractivity contribution in [2.75, 3.05) is 6.61 Å². The lowest BCUT2D eigenvalue weighted by atomic mass is 10.2. The number of carbonyl (C=O) groups is 1. The first-order valence-corrected chi connectivity index (χ1v) is 3.25. The Labute approximate surface area is 60.9 Å². The van der Waals surface area contributed by atoms with Crippen LogP contribution in [0.1, 0.15) is 13.3 Å². The Kier molecular flexibility index (Phi) is 4.58. The second-order valence-electron chi connectivity index (χ2n) is 1.88. The molecule has 0 saturated carbocycles. The standard InChI is InChI=1S/C7H13NO2/c1-3-5-6(8)7(9)10-4-2/h3,6H,1,4-5,8H2,2H3/t6-/m0/s1. The average molecular weight is 143 g/mol. The third kappa shape index (κ3) is 3.25. The Hall–Kier alpha value is -0.830. The van der Waals surface area contributed by atoms with Gasteiger partial charge in [-0.25, -0.2) is 0 Å². The summed E-state index contributed by atoms with van der Waals surface area (Å²) < 4.78 is 4.64. The summed E-state index contributed by atoms with van der Waals surface area (Å²) in [6.45, 7) is 5.58. The van der Waals surface area contributed by atoms with Crippen molar-refractivity contribution < 1.29 is 9.53 Å². The molecule has 0 bridgehead atoms. The molecule has 1 atom stereocenters. The number of rotatable bonds is 4. The molecular weight excluding hydrogens is 130 g/mol. The molecule has 10 heavy (non-hydrogen) atoms. The van der Waals surface area contributed by atoms with Crippen molar-refractivity contribution in [3.8, 4) is 0 Å². The minimum absolute atomic E-state index is 0.359. The lowest BCUT2D eigenvalue weighted by Crippen LogP contribution is -2.31.